The third-order valence-electron chi connectivity index (χ3n) is 2.95. The number of hydrogen-bond acceptors (Lipinski definition) is 4. The van der Waals surface area contributed by atoms with Crippen LogP contribution >= 0.6 is 0 Å². The van der Waals surface area contributed by atoms with Crippen LogP contribution in [-0.4, -0.2) is 31.8 Å². The molecule has 0 bridgehead atoms. The SMILES string of the molecule is CCNC(C)CCCn1nc2cnccn2c1=O. The van der Waals surface area contributed by atoms with E-state index in [1.54, 1.807) is 18.6 Å². The summed E-state index contributed by atoms with van der Waals surface area (Å²) in [4.78, 5) is 15.9. The number of fused-ring (bicyclic) bond motifs is 1. The van der Waals surface area contributed by atoms with Crippen LogP contribution in [0.4, 0.5) is 0 Å². The Hall–Kier alpha value is -1.69. The van der Waals surface area contributed by atoms with Gasteiger partial charge in [0.05, 0.1) is 6.20 Å². The predicted octanol–water partition coefficient (Wildman–Crippen LogP) is 0.669. The summed E-state index contributed by atoms with van der Waals surface area (Å²) in [6.45, 7) is 5.87. The summed E-state index contributed by atoms with van der Waals surface area (Å²) in [7, 11) is 0. The van der Waals surface area contributed by atoms with Crippen LogP contribution in [0.3, 0.4) is 0 Å². The second-order valence-corrected chi connectivity index (χ2v) is 4.41. The molecule has 0 aromatic carbocycles. The van der Waals surface area contributed by atoms with E-state index >= 15 is 0 Å². The van der Waals surface area contributed by atoms with E-state index in [4.69, 9.17) is 0 Å². The molecule has 0 saturated heterocycles. The Morgan fingerprint density at radius 2 is 2.33 bits per heavy atom. The highest BCUT2D eigenvalue weighted by Crippen LogP contribution is 1.99. The molecule has 18 heavy (non-hydrogen) atoms. The highest BCUT2D eigenvalue weighted by Gasteiger charge is 2.06. The molecule has 0 aliphatic carbocycles. The van der Waals surface area contributed by atoms with E-state index in [9.17, 15) is 4.79 Å². The molecular weight excluding hydrogens is 230 g/mol. The molecule has 0 aliphatic rings. The van der Waals surface area contributed by atoms with Crippen LogP contribution in [0.25, 0.3) is 5.65 Å². The molecule has 1 N–H and O–H groups in total. The highest BCUT2D eigenvalue weighted by atomic mass is 16.2. The van der Waals surface area contributed by atoms with Crippen molar-refractivity contribution in [1.29, 1.82) is 0 Å². The monoisotopic (exact) mass is 249 g/mol. The fourth-order valence-corrected chi connectivity index (χ4v) is 2.02. The first-order chi connectivity index (χ1) is 8.72. The van der Waals surface area contributed by atoms with Crippen molar-refractivity contribution in [2.24, 2.45) is 0 Å². The van der Waals surface area contributed by atoms with Gasteiger partial charge in [-0.25, -0.2) is 13.9 Å². The number of aryl methyl sites for hydroxylation is 1. The van der Waals surface area contributed by atoms with Crippen molar-refractivity contribution < 1.29 is 0 Å². The molecule has 0 fully saturated rings. The van der Waals surface area contributed by atoms with Crippen LogP contribution < -0.4 is 11.0 Å². The van der Waals surface area contributed by atoms with Gasteiger partial charge in [0.15, 0.2) is 5.65 Å². The smallest absolute Gasteiger partial charge is 0.315 e. The van der Waals surface area contributed by atoms with Gasteiger partial charge in [0.25, 0.3) is 0 Å². The first-order valence-electron chi connectivity index (χ1n) is 6.35. The minimum absolute atomic E-state index is 0.0940. The van der Waals surface area contributed by atoms with Crippen molar-refractivity contribution >= 4 is 5.65 Å². The number of hydrogen-bond donors (Lipinski definition) is 1. The number of nitrogens with zero attached hydrogens (tertiary/aromatic N) is 4. The maximum atomic E-state index is 11.9. The van der Waals surface area contributed by atoms with Crippen LogP contribution in [-0.2, 0) is 6.54 Å². The van der Waals surface area contributed by atoms with E-state index in [1.807, 2.05) is 0 Å². The molecule has 2 aromatic heterocycles. The van der Waals surface area contributed by atoms with Crippen molar-refractivity contribution in [2.45, 2.75) is 39.3 Å². The van der Waals surface area contributed by atoms with Crippen molar-refractivity contribution in [3.05, 3.63) is 29.1 Å². The van der Waals surface area contributed by atoms with Gasteiger partial charge < -0.3 is 5.32 Å². The molecule has 0 aliphatic heterocycles. The Kier molecular flexibility index (Phi) is 4.09. The molecule has 1 unspecified atom stereocenters. The zero-order chi connectivity index (χ0) is 13.0. The van der Waals surface area contributed by atoms with Crippen LogP contribution in [0.15, 0.2) is 23.4 Å². The van der Waals surface area contributed by atoms with Crippen molar-refractivity contribution in [3.63, 3.8) is 0 Å². The quantitative estimate of drug-likeness (QED) is 0.817. The van der Waals surface area contributed by atoms with Gasteiger partial charge in [0.1, 0.15) is 0 Å². The van der Waals surface area contributed by atoms with Gasteiger partial charge in [-0.3, -0.25) is 4.98 Å². The molecule has 6 nitrogen and oxygen atoms in total. The van der Waals surface area contributed by atoms with E-state index in [0.29, 0.717) is 18.2 Å². The Morgan fingerprint density at radius 3 is 3.06 bits per heavy atom. The first-order valence-corrected chi connectivity index (χ1v) is 6.35. The van der Waals surface area contributed by atoms with Gasteiger partial charge in [0.2, 0.25) is 0 Å². The van der Waals surface area contributed by atoms with Crippen LogP contribution in [0.2, 0.25) is 0 Å². The lowest BCUT2D eigenvalue weighted by Gasteiger charge is -2.11. The zero-order valence-corrected chi connectivity index (χ0v) is 10.8. The Balaban J connectivity index is 2.00. The summed E-state index contributed by atoms with van der Waals surface area (Å²) >= 11 is 0. The molecule has 1 atom stereocenters. The molecule has 2 aromatic rings. The highest BCUT2D eigenvalue weighted by molar-refractivity contribution is 5.31. The Labute approximate surface area is 106 Å². The minimum Gasteiger partial charge on any atom is -0.315 e. The van der Waals surface area contributed by atoms with E-state index < -0.39 is 0 Å². The zero-order valence-electron chi connectivity index (χ0n) is 10.8. The summed E-state index contributed by atoms with van der Waals surface area (Å²) in [6, 6.07) is 0.476. The summed E-state index contributed by atoms with van der Waals surface area (Å²) in [5, 5.41) is 7.59. The maximum Gasteiger partial charge on any atom is 0.350 e. The Morgan fingerprint density at radius 1 is 1.50 bits per heavy atom. The molecule has 98 valence electrons. The lowest BCUT2D eigenvalue weighted by atomic mass is 10.2. The molecule has 0 radical (unpaired) electrons. The molecule has 0 amide bonds. The second kappa shape index (κ2) is 5.77. The van der Waals surface area contributed by atoms with Crippen molar-refractivity contribution in [1.82, 2.24) is 24.5 Å². The molecule has 0 saturated carbocycles. The third kappa shape index (κ3) is 2.76. The summed E-state index contributed by atoms with van der Waals surface area (Å²) < 4.78 is 3.02. The van der Waals surface area contributed by atoms with Crippen molar-refractivity contribution in [2.75, 3.05) is 6.54 Å². The maximum absolute atomic E-state index is 11.9. The largest absolute Gasteiger partial charge is 0.350 e. The normalized spacial score (nSPS) is 13.0. The van der Waals surface area contributed by atoms with Gasteiger partial charge in [-0.2, -0.15) is 0 Å². The van der Waals surface area contributed by atoms with Gasteiger partial charge in [-0.05, 0) is 26.3 Å². The summed E-state index contributed by atoms with van der Waals surface area (Å²) in [6.07, 6.45) is 6.80. The molecular formula is C12H19N5O. The molecule has 2 rings (SSSR count). The van der Waals surface area contributed by atoms with E-state index in [0.717, 1.165) is 19.4 Å². The number of rotatable bonds is 6. The van der Waals surface area contributed by atoms with Crippen LogP contribution in [0.1, 0.15) is 26.7 Å². The molecule has 2 heterocycles. The molecule has 6 heteroatoms. The fourth-order valence-electron chi connectivity index (χ4n) is 2.02. The van der Waals surface area contributed by atoms with E-state index in [-0.39, 0.29) is 5.69 Å². The van der Waals surface area contributed by atoms with Crippen LogP contribution in [0.5, 0.6) is 0 Å². The van der Waals surface area contributed by atoms with Crippen molar-refractivity contribution in [3.8, 4) is 0 Å². The van der Waals surface area contributed by atoms with E-state index in [2.05, 4.69) is 29.2 Å². The summed E-state index contributed by atoms with van der Waals surface area (Å²) in [5.41, 5.74) is 0.505. The number of aromatic nitrogens is 4. The third-order valence-corrected chi connectivity index (χ3v) is 2.95. The average molecular weight is 249 g/mol. The van der Waals surface area contributed by atoms with Gasteiger partial charge in [-0.15, -0.1) is 5.10 Å². The lowest BCUT2D eigenvalue weighted by molar-refractivity contribution is 0.466. The van der Waals surface area contributed by atoms with Gasteiger partial charge in [-0.1, -0.05) is 6.92 Å². The second-order valence-electron chi connectivity index (χ2n) is 4.41. The predicted molar refractivity (Wildman–Crippen MR) is 69.6 cm³/mol. The Bertz CT molecular complexity index is 559. The van der Waals surface area contributed by atoms with Gasteiger partial charge >= 0.3 is 5.69 Å². The van der Waals surface area contributed by atoms with E-state index in [1.165, 1.54) is 9.08 Å². The summed E-state index contributed by atoms with van der Waals surface area (Å²) in [5.74, 6) is 0. The average Bonchev–Trinajstić information content (AvgIpc) is 2.68. The standard InChI is InChI=1S/C12H19N5O/c1-3-14-10(2)5-4-7-17-12(18)16-8-6-13-9-11(16)15-17/h6,8-10,14H,3-5,7H2,1-2H3. The first kappa shape index (κ1) is 12.8. The lowest BCUT2D eigenvalue weighted by Crippen LogP contribution is -2.27. The minimum atomic E-state index is -0.0940. The number of nitrogens with one attached hydrogen (secondary N) is 1. The topological polar surface area (TPSA) is 64.2 Å². The van der Waals surface area contributed by atoms with Crippen LogP contribution in [0, 0.1) is 0 Å². The van der Waals surface area contributed by atoms with Gasteiger partial charge in [0, 0.05) is 25.0 Å². The molecule has 0 spiro atoms. The fraction of sp³-hybridized carbons (Fsp3) is 0.583.